The van der Waals surface area contributed by atoms with Crippen molar-refractivity contribution in [3.8, 4) is 17.1 Å². The number of ether oxygens (including phenoxy) is 3. The first-order valence-corrected chi connectivity index (χ1v) is 19.6. The molecular formula is C41H46N10O9. The Morgan fingerprint density at radius 1 is 0.867 bits per heavy atom. The quantitative estimate of drug-likeness (QED) is 0.0709. The minimum Gasteiger partial charge on any atom is -0.494 e. The number of amides is 6. The summed E-state index contributed by atoms with van der Waals surface area (Å²) < 4.78 is 16.9. The Balaban J connectivity index is 0.751. The fraction of sp³-hybridized carbons (Fsp3) is 0.366. The number of imide groups is 2. The van der Waals surface area contributed by atoms with Gasteiger partial charge in [0.1, 0.15) is 17.5 Å². The number of nitrogens with zero attached hydrogens (tertiary/aromatic N) is 5. The lowest BCUT2D eigenvalue weighted by atomic mass is 10.0. The molecule has 4 aromatic rings. The van der Waals surface area contributed by atoms with Crippen LogP contribution >= 0.6 is 0 Å². The maximum absolute atomic E-state index is 13.2. The van der Waals surface area contributed by atoms with Crippen LogP contribution in [0.25, 0.3) is 11.4 Å². The van der Waals surface area contributed by atoms with Crippen molar-refractivity contribution in [3.63, 3.8) is 0 Å². The number of benzene rings is 2. The van der Waals surface area contributed by atoms with Gasteiger partial charge in [-0.2, -0.15) is 5.10 Å². The van der Waals surface area contributed by atoms with E-state index in [0.717, 1.165) is 10.6 Å². The maximum atomic E-state index is 13.2. The molecule has 0 saturated carbocycles. The van der Waals surface area contributed by atoms with Crippen LogP contribution in [0.5, 0.6) is 5.75 Å². The van der Waals surface area contributed by atoms with Crippen LogP contribution < -0.4 is 30.9 Å². The van der Waals surface area contributed by atoms with Crippen LogP contribution in [0.3, 0.4) is 0 Å². The average molecular weight is 823 g/mol. The van der Waals surface area contributed by atoms with E-state index in [0.29, 0.717) is 94.2 Å². The van der Waals surface area contributed by atoms with E-state index in [1.165, 1.54) is 0 Å². The Labute approximate surface area is 345 Å². The summed E-state index contributed by atoms with van der Waals surface area (Å²) in [7, 11) is 1.55. The van der Waals surface area contributed by atoms with Crippen molar-refractivity contribution in [3.05, 3.63) is 83.7 Å². The zero-order chi connectivity index (χ0) is 42.0. The summed E-state index contributed by atoms with van der Waals surface area (Å²) in [5, 5.41) is 17.9. The molecule has 3 aliphatic rings. The Morgan fingerprint density at radius 3 is 2.40 bits per heavy atom. The van der Waals surface area contributed by atoms with E-state index in [4.69, 9.17) is 14.2 Å². The Morgan fingerprint density at radius 2 is 1.65 bits per heavy atom. The maximum Gasteiger partial charge on any atom is 0.274 e. The van der Waals surface area contributed by atoms with Crippen molar-refractivity contribution >= 4 is 52.5 Å². The second kappa shape index (κ2) is 19.4. The summed E-state index contributed by atoms with van der Waals surface area (Å²) in [5.41, 5.74) is 3.89. The second-order valence-electron chi connectivity index (χ2n) is 14.2. The number of hydrogen-bond donors (Lipinski definition) is 5. The van der Waals surface area contributed by atoms with Gasteiger partial charge in [0.05, 0.1) is 68.3 Å². The van der Waals surface area contributed by atoms with Crippen LogP contribution in [-0.4, -0.2) is 146 Å². The van der Waals surface area contributed by atoms with Gasteiger partial charge in [0.15, 0.2) is 0 Å². The number of piperidine rings is 1. The van der Waals surface area contributed by atoms with Crippen molar-refractivity contribution in [2.24, 2.45) is 0 Å². The number of pyridine rings is 1. The highest BCUT2D eigenvalue weighted by atomic mass is 16.5. The van der Waals surface area contributed by atoms with Crippen molar-refractivity contribution < 1.29 is 43.0 Å². The number of H-pyrrole nitrogens is 1. The van der Waals surface area contributed by atoms with Gasteiger partial charge in [0, 0.05) is 69.3 Å². The minimum absolute atomic E-state index is 0.0513. The molecule has 60 heavy (non-hydrogen) atoms. The summed E-state index contributed by atoms with van der Waals surface area (Å²) >= 11 is 0. The molecule has 2 fully saturated rings. The van der Waals surface area contributed by atoms with Crippen molar-refractivity contribution in [1.82, 2.24) is 35.6 Å². The molecule has 0 aliphatic carbocycles. The van der Waals surface area contributed by atoms with E-state index < -0.39 is 29.7 Å². The van der Waals surface area contributed by atoms with E-state index in [1.807, 2.05) is 18.2 Å². The molecule has 5 N–H and O–H groups in total. The van der Waals surface area contributed by atoms with E-state index >= 15 is 0 Å². The number of hydrogen-bond acceptors (Lipinski definition) is 14. The highest BCUT2D eigenvalue weighted by Gasteiger charge is 2.45. The first kappa shape index (κ1) is 41.5. The van der Waals surface area contributed by atoms with Gasteiger partial charge in [0.2, 0.25) is 17.7 Å². The molecule has 2 aromatic carbocycles. The predicted molar refractivity (Wildman–Crippen MR) is 218 cm³/mol. The Hall–Kier alpha value is -6.70. The third-order valence-electron chi connectivity index (χ3n) is 10.3. The predicted octanol–water partition coefficient (Wildman–Crippen LogP) is 1.52. The summed E-state index contributed by atoms with van der Waals surface area (Å²) in [4.78, 5) is 85.5. The van der Waals surface area contributed by atoms with Gasteiger partial charge in [-0.15, -0.1) is 0 Å². The monoisotopic (exact) mass is 822 g/mol. The number of piperazine rings is 1. The lowest BCUT2D eigenvalue weighted by molar-refractivity contribution is -0.136. The first-order chi connectivity index (χ1) is 29.2. The normalized spacial score (nSPS) is 16.7. The number of aromatic nitrogens is 3. The number of nitrogens with one attached hydrogen (secondary N) is 5. The summed E-state index contributed by atoms with van der Waals surface area (Å²) in [6.45, 7) is 5.04. The van der Waals surface area contributed by atoms with Crippen LogP contribution in [0, 0.1) is 0 Å². The molecule has 19 nitrogen and oxygen atoms in total. The summed E-state index contributed by atoms with van der Waals surface area (Å²) in [6.07, 6.45) is 1.76. The number of carbonyl (C=O) groups is 6. The van der Waals surface area contributed by atoms with Crippen LogP contribution in [0.1, 0.15) is 44.0 Å². The highest BCUT2D eigenvalue weighted by Crippen LogP contribution is 2.33. The Kier molecular flexibility index (Phi) is 13.4. The molecule has 0 radical (unpaired) electrons. The number of rotatable bonds is 18. The minimum atomic E-state index is -1.03. The molecule has 2 aromatic heterocycles. The molecule has 19 heteroatoms. The number of aromatic amines is 1. The summed E-state index contributed by atoms with van der Waals surface area (Å²) in [6, 6.07) is 16.5. The van der Waals surface area contributed by atoms with Crippen LogP contribution in [0.2, 0.25) is 0 Å². The zero-order valence-electron chi connectivity index (χ0n) is 33.0. The molecule has 3 aliphatic heterocycles. The third-order valence-corrected chi connectivity index (χ3v) is 10.3. The fourth-order valence-electron chi connectivity index (χ4n) is 7.20. The second-order valence-corrected chi connectivity index (χ2v) is 14.2. The Bertz CT molecular complexity index is 2230. The zero-order valence-corrected chi connectivity index (χ0v) is 33.0. The van der Waals surface area contributed by atoms with Crippen LogP contribution in [0.15, 0.2) is 66.9 Å². The van der Waals surface area contributed by atoms with E-state index in [1.54, 1.807) is 55.8 Å². The number of anilines is 3. The molecule has 6 amide bonds. The van der Waals surface area contributed by atoms with Gasteiger partial charge in [-0.05, 0) is 48.9 Å². The van der Waals surface area contributed by atoms with Crippen molar-refractivity contribution in [2.75, 3.05) is 94.9 Å². The summed E-state index contributed by atoms with van der Waals surface area (Å²) in [5.74, 6) is -2.16. The third kappa shape index (κ3) is 9.76. The van der Waals surface area contributed by atoms with Gasteiger partial charge < -0.3 is 35.1 Å². The molecule has 1 unspecified atom stereocenters. The highest BCUT2D eigenvalue weighted by molar-refractivity contribution is 6.25. The van der Waals surface area contributed by atoms with E-state index in [2.05, 4.69) is 46.2 Å². The standard InChI is InChI=1S/C41H46N10O9/c1-58-34-24-26(8-9-30(34)46-38(54)32-7-3-5-28(45-32)29-12-13-44-48-29)50-18-16-49(17-19-50)25-36(53)43-15-21-60-23-22-59-20-14-42-31-6-2-4-27-37(31)41(57)51(40(27)56)33-10-11-35(52)47-39(33)55/h2-9,12-13,24,33,42H,10-11,14-23,25H2,1H3,(H,43,53)(H,44,48)(H,46,54)(H,47,52,55). The van der Waals surface area contributed by atoms with Crippen LogP contribution in [-0.2, 0) is 23.9 Å². The molecule has 5 heterocycles. The molecule has 1 atom stereocenters. The molecular weight excluding hydrogens is 777 g/mol. The van der Waals surface area contributed by atoms with Gasteiger partial charge in [-0.1, -0.05) is 12.1 Å². The van der Waals surface area contributed by atoms with Crippen LogP contribution in [0.4, 0.5) is 17.1 Å². The number of carbonyl (C=O) groups excluding carboxylic acids is 6. The lowest BCUT2D eigenvalue weighted by Crippen LogP contribution is -2.54. The van der Waals surface area contributed by atoms with E-state index in [-0.39, 0.29) is 48.0 Å². The van der Waals surface area contributed by atoms with E-state index in [9.17, 15) is 28.8 Å². The largest absolute Gasteiger partial charge is 0.494 e. The van der Waals surface area contributed by atoms with Crippen molar-refractivity contribution in [1.29, 1.82) is 0 Å². The fourth-order valence-corrected chi connectivity index (χ4v) is 7.20. The average Bonchev–Trinajstić information content (AvgIpc) is 3.89. The lowest BCUT2D eigenvalue weighted by Gasteiger charge is -2.36. The van der Waals surface area contributed by atoms with Crippen molar-refractivity contribution in [2.45, 2.75) is 18.9 Å². The topological polar surface area (TPSA) is 230 Å². The molecule has 7 rings (SSSR count). The number of fused-ring (bicyclic) bond motifs is 1. The van der Waals surface area contributed by atoms with Gasteiger partial charge >= 0.3 is 0 Å². The van der Waals surface area contributed by atoms with Gasteiger partial charge in [-0.25, -0.2) is 4.98 Å². The first-order valence-electron chi connectivity index (χ1n) is 19.6. The van der Waals surface area contributed by atoms with Gasteiger partial charge in [-0.3, -0.25) is 49.0 Å². The smallest absolute Gasteiger partial charge is 0.274 e. The molecule has 0 spiro atoms. The number of methoxy groups -OCH3 is 1. The SMILES string of the molecule is COc1cc(N2CCN(CC(=O)NCCOCCOCCNc3cccc4c3C(=O)N(C3CCC(=O)NC3=O)C4=O)CC2)ccc1NC(=O)c1cccc(-c2ccn[nH]2)n1. The molecule has 2 saturated heterocycles. The molecule has 314 valence electrons. The van der Waals surface area contributed by atoms with Gasteiger partial charge in [0.25, 0.3) is 17.7 Å². The molecule has 0 bridgehead atoms.